The molecule has 1 spiro atoms. The SMILES string of the molecule is CCCN1C(=O)[C@]2(C(=C(O)c3ccc4c(c3)C[C@H](C)O4)C(=O)C(=O)N2CCCN2CCOCC2)c2ccccc21. The highest BCUT2D eigenvalue weighted by Crippen LogP contribution is 2.53. The zero-order valence-electron chi connectivity index (χ0n) is 23.0. The maximum Gasteiger partial charge on any atom is 0.296 e. The largest absolute Gasteiger partial charge is 0.507 e. The molecule has 0 unspecified atom stereocenters. The fourth-order valence-electron chi connectivity index (χ4n) is 6.60. The molecule has 2 atom stereocenters. The van der Waals surface area contributed by atoms with Crippen LogP contribution >= 0.6 is 0 Å². The third-order valence-corrected chi connectivity index (χ3v) is 8.39. The lowest BCUT2D eigenvalue weighted by Crippen LogP contribution is -2.52. The smallest absolute Gasteiger partial charge is 0.296 e. The molecule has 4 heterocycles. The summed E-state index contributed by atoms with van der Waals surface area (Å²) in [6.45, 7) is 8.22. The molecule has 4 aliphatic rings. The minimum absolute atomic E-state index is 0.00826. The molecule has 4 aliphatic heterocycles. The molecular weight excluding hydrogens is 510 g/mol. The number of hydrogen-bond acceptors (Lipinski definition) is 7. The van der Waals surface area contributed by atoms with Gasteiger partial charge in [0.05, 0.1) is 24.5 Å². The van der Waals surface area contributed by atoms with Crippen molar-refractivity contribution in [2.24, 2.45) is 0 Å². The highest BCUT2D eigenvalue weighted by Gasteiger charge is 2.66. The predicted octanol–water partition coefficient (Wildman–Crippen LogP) is 3.06. The highest BCUT2D eigenvalue weighted by atomic mass is 16.5. The monoisotopic (exact) mass is 545 g/mol. The second-order valence-electron chi connectivity index (χ2n) is 11.0. The van der Waals surface area contributed by atoms with Gasteiger partial charge in [-0.2, -0.15) is 0 Å². The molecule has 0 bridgehead atoms. The third-order valence-electron chi connectivity index (χ3n) is 8.39. The van der Waals surface area contributed by atoms with Gasteiger partial charge in [-0.25, -0.2) is 0 Å². The average Bonchev–Trinajstić information content (AvgIpc) is 3.53. The molecule has 0 aromatic heterocycles. The Kier molecular flexibility index (Phi) is 6.88. The molecule has 9 heteroatoms. The molecule has 9 nitrogen and oxygen atoms in total. The van der Waals surface area contributed by atoms with Gasteiger partial charge in [-0.3, -0.25) is 19.3 Å². The topological polar surface area (TPSA) is 99.6 Å². The van der Waals surface area contributed by atoms with Crippen LogP contribution in [-0.4, -0.2) is 84.5 Å². The van der Waals surface area contributed by atoms with Crippen LogP contribution in [0.1, 0.15) is 43.4 Å². The summed E-state index contributed by atoms with van der Waals surface area (Å²) in [6.07, 6.45) is 1.95. The molecule has 1 N–H and O–H groups in total. The number of morpholine rings is 1. The molecule has 210 valence electrons. The van der Waals surface area contributed by atoms with E-state index < -0.39 is 17.2 Å². The first-order valence-electron chi connectivity index (χ1n) is 14.2. The van der Waals surface area contributed by atoms with E-state index in [0.717, 1.165) is 24.4 Å². The van der Waals surface area contributed by atoms with Gasteiger partial charge in [-0.05, 0) is 49.6 Å². The van der Waals surface area contributed by atoms with Crippen molar-refractivity contribution in [3.8, 4) is 5.75 Å². The maximum atomic E-state index is 14.5. The van der Waals surface area contributed by atoms with Gasteiger partial charge in [0, 0.05) is 50.3 Å². The summed E-state index contributed by atoms with van der Waals surface area (Å²) in [4.78, 5) is 47.4. The van der Waals surface area contributed by atoms with Crippen molar-refractivity contribution in [2.75, 3.05) is 50.8 Å². The van der Waals surface area contributed by atoms with E-state index in [0.29, 0.717) is 62.4 Å². The number of para-hydroxylation sites is 1. The van der Waals surface area contributed by atoms with Gasteiger partial charge in [0.2, 0.25) is 0 Å². The number of aliphatic hydroxyl groups is 1. The molecule has 0 radical (unpaired) electrons. The zero-order chi connectivity index (χ0) is 28.0. The molecule has 2 aromatic rings. The second-order valence-corrected chi connectivity index (χ2v) is 11.0. The van der Waals surface area contributed by atoms with Gasteiger partial charge >= 0.3 is 0 Å². The van der Waals surface area contributed by atoms with Gasteiger partial charge in [-0.15, -0.1) is 0 Å². The molecular formula is C31H35N3O6. The quantitative estimate of drug-likeness (QED) is 0.324. The average molecular weight is 546 g/mol. The van der Waals surface area contributed by atoms with Crippen LogP contribution in [-0.2, 0) is 31.1 Å². The van der Waals surface area contributed by atoms with Gasteiger partial charge in [-0.1, -0.05) is 25.1 Å². The molecule has 6 rings (SSSR count). The Hall–Kier alpha value is -3.69. The van der Waals surface area contributed by atoms with Gasteiger partial charge in [0.15, 0.2) is 5.54 Å². The number of ether oxygens (including phenoxy) is 2. The number of carbonyl (C=O) groups is 3. The summed E-state index contributed by atoms with van der Waals surface area (Å²) >= 11 is 0. The maximum absolute atomic E-state index is 14.5. The van der Waals surface area contributed by atoms with Crippen LogP contribution in [0.5, 0.6) is 5.75 Å². The number of Topliss-reactive ketones (excluding diaryl/α,β-unsaturated/α-hetero) is 1. The summed E-state index contributed by atoms with van der Waals surface area (Å²) in [5.41, 5.74) is 0.636. The molecule has 40 heavy (non-hydrogen) atoms. The number of anilines is 1. The number of carbonyl (C=O) groups excluding carboxylic acids is 3. The minimum atomic E-state index is -1.72. The van der Waals surface area contributed by atoms with Crippen LogP contribution in [0.25, 0.3) is 5.76 Å². The number of hydrogen-bond donors (Lipinski definition) is 1. The van der Waals surface area contributed by atoms with Crippen LogP contribution in [0.3, 0.4) is 0 Å². The van der Waals surface area contributed by atoms with Crippen molar-refractivity contribution in [3.05, 3.63) is 64.7 Å². The van der Waals surface area contributed by atoms with Crippen molar-refractivity contribution < 1.29 is 29.0 Å². The van der Waals surface area contributed by atoms with E-state index >= 15 is 0 Å². The van der Waals surface area contributed by atoms with Crippen LogP contribution in [0.4, 0.5) is 5.69 Å². The molecule has 0 saturated carbocycles. The number of rotatable bonds is 7. The number of fused-ring (bicyclic) bond motifs is 3. The van der Waals surface area contributed by atoms with Crippen molar-refractivity contribution >= 4 is 29.0 Å². The Morgan fingerprint density at radius 3 is 2.60 bits per heavy atom. The van der Waals surface area contributed by atoms with Crippen molar-refractivity contribution in [3.63, 3.8) is 0 Å². The van der Waals surface area contributed by atoms with Gasteiger partial charge < -0.3 is 24.4 Å². The van der Waals surface area contributed by atoms with Crippen molar-refractivity contribution in [1.82, 2.24) is 9.80 Å². The second kappa shape index (κ2) is 10.4. The van der Waals surface area contributed by atoms with Crippen LogP contribution in [0.2, 0.25) is 0 Å². The number of amides is 2. The first-order valence-corrected chi connectivity index (χ1v) is 14.2. The fourth-order valence-corrected chi connectivity index (χ4v) is 6.60. The lowest BCUT2D eigenvalue weighted by Gasteiger charge is -2.35. The van der Waals surface area contributed by atoms with E-state index in [2.05, 4.69) is 4.90 Å². The lowest BCUT2D eigenvalue weighted by atomic mass is 9.81. The number of likely N-dealkylation sites (tertiary alicyclic amines) is 1. The first-order chi connectivity index (χ1) is 19.4. The standard InChI is InChI=1S/C31H35N3O6/c1-3-11-33-24-8-5-4-7-23(24)31(30(33)38)26(27(35)21-9-10-25-22(19-21)18-20(2)40-25)28(36)29(37)34(31)13-6-12-32-14-16-39-17-15-32/h4-5,7-10,19-20,35H,3,6,11-18H2,1-2H3/t20-,31+/m0/s1. The van der Waals surface area contributed by atoms with Crippen molar-refractivity contribution in [2.45, 2.75) is 44.8 Å². The Morgan fingerprint density at radius 1 is 1.05 bits per heavy atom. The minimum Gasteiger partial charge on any atom is -0.507 e. The van der Waals surface area contributed by atoms with Gasteiger partial charge in [0.25, 0.3) is 17.6 Å². The normalized spacial score (nSPS) is 25.6. The zero-order valence-corrected chi connectivity index (χ0v) is 23.0. The summed E-state index contributed by atoms with van der Waals surface area (Å²) < 4.78 is 11.3. The Labute approximate surface area is 233 Å². The van der Waals surface area contributed by atoms with E-state index in [4.69, 9.17) is 9.47 Å². The molecule has 2 fully saturated rings. The number of aliphatic hydroxyl groups excluding tert-OH is 1. The third kappa shape index (κ3) is 4.02. The van der Waals surface area contributed by atoms with E-state index in [-0.39, 0.29) is 29.9 Å². The molecule has 2 amide bonds. The number of nitrogens with zero attached hydrogens (tertiary/aromatic N) is 3. The number of ketones is 1. The van der Waals surface area contributed by atoms with Crippen LogP contribution in [0, 0.1) is 0 Å². The molecule has 0 aliphatic carbocycles. The predicted molar refractivity (Wildman–Crippen MR) is 149 cm³/mol. The van der Waals surface area contributed by atoms with Crippen LogP contribution < -0.4 is 9.64 Å². The summed E-state index contributed by atoms with van der Waals surface area (Å²) in [7, 11) is 0. The fraction of sp³-hybridized carbons (Fsp3) is 0.452. The lowest BCUT2D eigenvalue weighted by molar-refractivity contribution is -0.143. The van der Waals surface area contributed by atoms with E-state index in [1.54, 1.807) is 29.2 Å². The summed E-state index contributed by atoms with van der Waals surface area (Å²) in [5.74, 6) is -1.57. The van der Waals surface area contributed by atoms with E-state index in [9.17, 15) is 19.5 Å². The summed E-state index contributed by atoms with van der Waals surface area (Å²) in [6, 6.07) is 12.6. The van der Waals surface area contributed by atoms with E-state index in [1.165, 1.54) is 4.90 Å². The molecule has 2 saturated heterocycles. The molecule has 2 aromatic carbocycles. The van der Waals surface area contributed by atoms with Gasteiger partial charge in [0.1, 0.15) is 17.6 Å². The van der Waals surface area contributed by atoms with Crippen molar-refractivity contribution in [1.29, 1.82) is 0 Å². The highest BCUT2D eigenvalue weighted by molar-refractivity contribution is 6.50. The Bertz CT molecular complexity index is 1400. The van der Waals surface area contributed by atoms with E-state index in [1.807, 2.05) is 32.0 Å². The summed E-state index contributed by atoms with van der Waals surface area (Å²) in [5, 5.41) is 11.8. The Balaban J connectivity index is 1.48. The number of benzene rings is 2. The van der Waals surface area contributed by atoms with Crippen LogP contribution in [0.15, 0.2) is 48.0 Å². The first kappa shape index (κ1) is 26.5. The Morgan fingerprint density at radius 2 is 1.82 bits per heavy atom.